The lowest BCUT2D eigenvalue weighted by Gasteiger charge is -2.09. The maximum absolute atomic E-state index is 5.21. The number of hydrogen-bond acceptors (Lipinski definition) is 3. The molecule has 0 radical (unpaired) electrons. The summed E-state index contributed by atoms with van der Waals surface area (Å²) in [5.41, 5.74) is 0. The number of ether oxygens (including phenoxy) is 1. The van der Waals surface area contributed by atoms with Gasteiger partial charge in [0, 0.05) is 26.6 Å². The van der Waals surface area contributed by atoms with E-state index in [1.165, 1.54) is 0 Å². The summed E-state index contributed by atoms with van der Waals surface area (Å²) in [6.07, 6.45) is 1.00. The molecule has 1 aliphatic heterocycles. The van der Waals surface area contributed by atoms with Crippen LogP contribution in [0, 0.1) is 0 Å². The summed E-state index contributed by atoms with van der Waals surface area (Å²) in [4.78, 5) is 5.21. The molecule has 0 aromatic carbocycles. The summed E-state index contributed by atoms with van der Waals surface area (Å²) >= 11 is 0. The second-order valence-electron chi connectivity index (χ2n) is 2.13. The first-order chi connectivity index (χ1) is 4.33. The summed E-state index contributed by atoms with van der Waals surface area (Å²) in [7, 11) is 1.92. The monoisotopic (exact) mass is 131 g/mol. The third kappa shape index (κ3) is 1.93. The summed E-state index contributed by atoms with van der Waals surface area (Å²) in [5, 5.41) is 1.81. The zero-order chi connectivity index (χ0) is 6.69. The average Bonchev–Trinajstić information content (AvgIpc) is 2.17. The van der Waals surface area contributed by atoms with Crippen molar-refractivity contribution in [3.63, 3.8) is 0 Å². The lowest BCUT2D eigenvalue weighted by atomic mass is 10.4. The van der Waals surface area contributed by atoms with E-state index in [-0.39, 0.29) is 6.29 Å². The van der Waals surface area contributed by atoms with E-state index in [2.05, 4.69) is 0 Å². The van der Waals surface area contributed by atoms with Gasteiger partial charge in [-0.2, -0.15) is 5.06 Å². The molecule has 1 aliphatic rings. The van der Waals surface area contributed by atoms with Gasteiger partial charge in [-0.25, -0.2) is 0 Å². The number of hydroxylamine groups is 2. The molecule has 0 spiro atoms. The van der Waals surface area contributed by atoms with Crippen LogP contribution >= 0.6 is 0 Å². The van der Waals surface area contributed by atoms with E-state index in [0.717, 1.165) is 19.6 Å². The van der Waals surface area contributed by atoms with Crippen molar-refractivity contribution in [2.24, 2.45) is 0 Å². The van der Waals surface area contributed by atoms with Gasteiger partial charge in [0.2, 0.25) is 0 Å². The number of hydrogen-bond donors (Lipinski definition) is 0. The maximum Gasteiger partial charge on any atom is 0.178 e. The van der Waals surface area contributed by atoms with E-state index in [9.17, 15) is 0 Å². The smallest absolute Gasteiger partial charge is 0.178 e. The molecule has 54 valence electrons. The Kier molecular flexibility index (Phi) is 2.45. The van der Waals surface area contributed by atoms with Gasteiger partial charge in [-0.3, -0.25) is 4.84 Å². The molecule has 0 amide bonds. The van der Waals surface area contributed by atoms with Gasteiger partial charge in [-0.15, -0.1) is 0 Å². The quantitative estimate of drug-likeness (QED) is 0.548. The number of rotatable bonds is 2. The van der Waals surface area contributed by atoms with Gasteiger partial charge in [0.05, 0.1) is 0 Å². The molecule has 1 saturated heterocycles. The fourth-order valence-corrected chi connectivity index (χ4v) is 0.893. The molecule has 0 bridgehead atoms. The second kappa shape index (κ2) is 3.15. The average molecular weight is 131 g/mol. The standard InChI is InChI=1S/C6H13NO2/c1-3-8-6-4-5-7(2)9-6/h6H,3-5H2,1-2H3. The Morgan fingerprint density at radius 2 is 2.56 bits per heavy atom. The summed E-state index contributed by atoms with van der Waals surface area (Å²) in [6, 6.07) is 0. The number of nitrogens with zero attached hydrogens (tertiary/aromatic N) is 1. The zero-order valence-corrected chi connectivity index (χ0v) is 5.96. The highest BCUT2D eigenvalue weighted by atomic mass is 16.8. The van der Waals surface area contributed by atoms with Crippen LogP contribution < -0.4 is 0 Å². The molecule has 3 heteroatoms. The molecule has 1 atom stereocenters. The van der Waals surface area contributed by atoms with Gasteiger partial charge in [-0.1, -0.05) is 0 Å². The second-order valence-corrected chi connectivity index (χ2v) is 2.13. The van der Waals surface area contributed by atoms with Gasteiger partial charge in [0.25, 0.3) is 0 Å². The van der Waals surface area contributed by atoms with Crippen molar-refractivity contribution in [1.29, 1.82) is 0 Å². The van der Waals surface area contributed by atoms with Crippen LogP contribution in [-0.2, 0) is 9.57 Å². The summed E-state index contributed by atoms with van der Waals surface area (Å²) in [5.74, 6) is 0. The van der Waals surface area contributed by atoms with Gasteiger partial charge in [-0.05, 0) is 6.92 Å². The van der Waals surface area contributed by atoms with Crippen molar-refractivity contribution >= 4 is 0 Å². The predicted molar refractivity (Wildman–Crippen MR) is 33.7 cm³/mol. The first kappa shape index (κ1) is 6.99. The van der Waals surface area contributed by atoms with E-state index in [1.807, 2.05) is 14.0 Å². The van der Waals surface area contributed by atoms with Crippen LogP contribution in [0.4, 0.5) is 0 Å². The molecule has 1 heterocycles. The van der Waals surface area contributed by atoms with Crippen molar-refractivity contribution in [1.82, 2.24) is 5.06 Å². The molecule has 0 aliphatic carbocycles. The maximum atomic E-state index is 5.21. The molecular formula is C6H13NO2. The van der Waals surface area contributed by atoms with Gasteiger partial charge in [0.1, 0.15) is 0 Å². The van der Waals surface area contributed by atoms with Gasteiger partial charge >= 0.3 is 0 Å². The Morgan fingerprint density at radius 3 is 3.00 bits per heavy atom. The molecule has 0 aromatic heterocycles. The Morgan fingerprint density at radius 1 is 1.78 bits per heavy atom. The Balaban J connectivity index is 2.14. The van der Waals surface area contributed by atoms with Crippen LogP contribution in [0.15, 0.2) is 0 Å². The van der Waals surface area contributed by atoms with Crippen LogP contribution in [0.25, 0.3) is 0 Å². The van der Waals surface area contributed by atoms with Crippen LogP contribution in [0.3, 0.4) is 0 Å². The largest absolute Gasteiger partial charge is 0.351 e. The normalized spacial score (nSPS) is 29.3. The first-order valence-corrected chi connectivity index (χ1v) is 3.32. The molecule has 1 rings (SSSR count). The van der Waals surface area contributed by atoms with Crippen molar-refractivity contribution in [2.75, 3.05) is 20.2 Å². The van der Waals surface area contributed by atoms with Crippen molar-refractivity contribution in [2.45, 2.75) is 19.6 Å². The van der Waals surface area contributed by atoms with Crippen LogP contribution in [0.2, 0.25) is 0 Å². The molecule has 1 unspecified atom stereocenters. The lowest BCUT2D eigenvalue weighted by Crippen LogP contribution is -2.15. The summed E-state index contributed by atoms with van der Waals surface area (Å²) in [6.45, 7) is 3.69. The van der Waals surface area contributed by atoms with E-state index in [0.29, 0.717) is 0 Å². The Hall–Kier alpha value is -0.120. The predicted octanol–water partition coefficient (Wildman–Crippen LogP) is 0.616. The van der Waals surface area contributed by atoms with Crippen molar-refractivity contribution < 1.29 is 9.57 Å². The molecule has 3 nitrogen and oxygen atoms in total. The fourth-order valence-electron chi connectivity index (χ4n) is 0.893. The highest BCUT2D eigenvalue weighted by molar-refractivity contribution is 4.53. The van der Waals surface area contributed by atoms with E-state index in [1.54, 1.807) is 5.06 Å². The Labute approximate surface area is 55.5 Å². The van der Waals surface area contributed by atoms with Gasteiger partial charge in [0.15, 0.2) is 6.29 Å². The summed E-state index contributed by atoms with van der Waals surface area (Å²) < 4.78 is 5.21. The molecular weight excluding hydrogens is 118 g/mol. The highest BCUT2D eigenvalue weighted by Crippen LogP contribution is 2.11. The fraction of sp³-hybridized carbons (Fsp3) is 1.00. The van der Waals surface area contributed by atoms with E-state index >= 15 is 0 Å². The van der Waals surface area contributed by atoms with Crippen LogP contribution in [0.1, 0.15) is 13.3 Å². The third-order valence-corrected chi connectivity index (χ3v) is 1.33. The zero-order valence-electron chi connectivity index (χ0n) is 5.96. The topological polar surface area (TPSA) is 21.7 Å². The van der Waals surface area contributed by atoms with Gasteiger partial charge < -0.3 is 4.74 Å². The first-order valence-electron chi connectivity index (χ1n) is 3.32. The molecule has 0 saturated carbocycles. The lowest BCUT2D eigenvalue weighted by molar-refractivity contribution is -0.219. The highest BCUT2D eigenvalue weighted by Gasteiger charge is 2.19. The molecule has 9 heavy (non-hydrogen) atoms. The van der Waals surface area contributed by atoms with Crippen molar-refractivity contribution in [3.8, 4) is 0 Å². The van der Waals surface area contributed by atoms with Crippen LogP contribution in [-0.4, -0.2) is 31.6 Å². The van der Waals surface area contributed by atoms with E-state index < -0.39 is 0 Å². The van der Waals surface area contributed by atoms with Crippen molar-refractivity contribution in [3.05, 3.63) is 0 Å². The molecule has 0 aromatic rings. The minimum atomic E-state index is 0.0139. The third-order valence-electron chi connectivity index (χ3n) is 1.33. The van der Waals surface area contributed by atoms with Crippen LogP contribution in [0.5, 0.6) is 0 Å². The minimum Gasteiger partial charge on any atom is -0.351 e. The Bertz CT molecular complexity index is 85.1. The van der Waals surface area contributed by atoms with E-state index in [4.69, 9.17) is 9.57 Å². The molecule has 1 fully saturated rings. The minimum absolute atomic E-state index is 0.0139. The SMILES string of the molecule is CCOC1CCN(C)O1. The molecule has 0 N–H and O–H groups in total.